The third kappa shape index (κ3) is 6.56. The van der Waals surface area contributed by atoms with Crippen molar-refractivity contribution in [1.82, 2.24) is 9.97 Å². The number of ether oxygens (including phenoxy) is 1. The van der Waals surface area contributed by atoms with Gasteiger partial charge in [0.1, 0.15) is 5.82 Å². The van der Waals surface area contributed by atoms with E-state index in [1.54, 1.807) is 19.2 Å². The average molecular weight is 587 g/mol. The molecule has 1 aromatic carbocycles. The van der Waals surface area contributed by atoms with Crippen molar-refractivity contribution in [2.24, 2.45) is 5.92 Å². The van der Waals surface area contributed by atoms with Gasteiger partial charge in [0, 0.05) is 21.9 Å². The van der Waals surface area contributed by atoms with Crippen LogP contribution in [0.1, 0.15) is 37.5 Å². The number of nitrogens with zero attached hydrogens (tertiary/aromatic N) is 3. The number of alkyl halides is 3. The highest BCUT2D eigenvalue weighted by atomic mass is 79.9. The lowest BCUT2D eigenvalue weighted by Crippen LogP contribution is -2.40. The maximum absolute atomic E-state index is 13.9. The zero-order valence-corrected chi connectivity index (χ0v) is 23.8. The van der Waals surface area contributed by atoms with Gasteiger partial charge in [-0.05, 0) is 58.7 Å². The number of rotatable bonds is 7. The number of benzene rings is 1. The number of aromatic nitrogens is 2. The second kappa shape index (κ2) is 10.7. The molecular formula is C24H31BrF3N5O2Si. The van der Waals surface area contributed by atoms with Gasteiger partial charge in [0.15, 0.2) is 8.32 Å². The minimum atomic E-state index is -4.57. The van der Waals surface area contributed by atoms with E-state index < -0.39 is 20.1 Å². The zero-order valence-electron chi connectivity index (χ0n) is 21.2. The van der Waals surface area contributed by atoms with Gasteiger partial charge in [0.25, 0.3) is 0 Å². The Morgan fingerprint density at radius 2 is 1.94 bits per heavy atom. The van der Waals surface area contributed by atoms with E-state index in [4.69, 9.17) is 9.16 Å². The van der Waals surface area contributed by atoms with Crippen LogP contribution in [-0.4, -0.2) is 37.5 Å². The van der Waals surface area contributed by atoms with E-state index in [1.807, 2.05) is 0 Å². The zero-order chi connectivity index (χ0) is 26.9. The molecular weight excluding hydrogens is 555 g/mol. The first kappa shape index (κ1) is 28.4. The smallest absolute Gasteiger partial charge is 0.413 e. The molecule has 3 rings (SSSR count). The Bertz CT molecular complexity index is 1150. The molecule has 1 fully saturated rings. The lowest BCUT2D eigenvalue weighted by molar-refractivity contribution is -0.138. The monoisotopic (exact) mass is 585 g/mol. The predicted octanol–water partition coefficient (Wildman–Crippen LogP) is 6.78. The van der Waals surface area contributed by atoms with Crippen LogP contribution in [0.4, 0.5) is 30.6 Å². The van der Waals surface area contributed by atoms with E-state index in [1.165, 1.54) is 0 Å². The number of nitrogens with one attached hydrogen (secondary N) is 2. The largest absolute Gasteiger partial charge is 0.417 e. The molecule has 1 saturated heterocycles. The molecule has 2 atom stereocenters. The van der Waals surface area contributed by atoms with Crippen molar-refractivity contribution in [3.8, 4) is 6.07 Å². The van der Waals surface area contributed by atoms with Gasteiger partial charge < -0.3 is 19.8 Å². The van der Waals surface area contributed by atoms with E-state index in [0.29, 0.717) is 24.6 Å². The summed E-state index contributed by atoms with van der Waals surface area (Å²) in [5, 5.41) is 15.3. The van der Waals surface area contributed by atoms with Crippen LogP contribution in [0.25, 0.3) is 0 Å². The Hall–Kier alpha value is -2.20. The molecule has 2 heterocycles. The van der Waals surface area contributed by atoms with Crippen LogP contribution in [0, 0.1) is 24.2 Å². The average Bonchev–Trinajstić information content (AvgIpc) is 3.21. The summed E-state index contributed by atoms with van der Waals surface area (Å²) < 4.78 is 53.1. The van der Waals surface area contributed by atoms with E-state index in [-0.39, 0.29) is 39.7 Å². The number of aryl methyl sites for hydroxylation is 1. The van der Waals surface area contributed by atoms with Crippen molar-refractivity contribution >= 4 is 41.7 Å². The second-order valence-electron chi connectivity index (χ2n) is 10.4. The molecule has 0 bridgehead atoms. The molecule has 12 heteroatoms. The second-order valence-corrected chi connectivity index (χ2v) is 16.0. The highest BCUT2D eigenvalue weighted by Crippen LogP contribution is 2.41. The maximum Gasteiger partial charge on any atom is 0.417 e. The van der Waals surface area contributed by atoms with Crippen LogP contribution in [-0.2, 0) is 21.9 Å². The van der Waals surface area contributed by atoms with Gasteiger partial charge in [-0.1, -0.05) is 20.8 Å². The van der Waals surface area contributed by atoms with E-state index >= 15 is 0 Å². The Morgan fingerprint density at radius 1 is 1.25 bits per heavy atom. The third-order valence-corrected chi connectivity index (χ3v) is 12.1. The fourth-order valence-corrected chi connectivity index (χ4v) is 4.84. The van der Waals surface area contributed by atoms with Crippen LogP contribution >= 0.6 is 15.9 Å². The van der Waals surface area contributed by atoms with Crippen molar-refractivity contribution in [3.05, 3.63) is 39.5 Å². The van der Waals surface area contributed by atoms with E-state index in [9.17, 15) is 18.4 Å². The van der Waals surface area contributed by atoms with Crippen LogP contribution in [0.15, 0.2) is 22.8 Å². The van der Waals surface area contributed by atoms with Crippen molar-refractivity contribution in [3.63, 3.8) is 0 Å². The molecule has 36 heavy (non-hydrogen) atoms. The summed E-state index contributed by atoms with van der Waals surface area (Å²) in [6, 6.07) is 4.60. The highest BCUT2D eigenvalue weighted by molar-refractivity contribution is 9.10. The number of hydrogen-bond donors (Lipinski definition) is 2. The molecule has 1 aliphatic rings. The fourth-order valence-electron chi connectivity index (χ4n) is 3.32. The first-order valence-corrected chi connectivity index (χ1v) is 15.2. The molecule has 1 aromatic heterocycles. The summed E-state index contributed by atoms with van der Waals surface area (Å²) in [5.41, 5.74) is 0.488. The molecule has 0 saturated carbocycles. The molecule has 1 unspecified atom stereocenters. The molecule has 7 nitrogen and oxygen atoms in total. The quantitative estimate of drug-likeness (QED) is 0.346. The van der Waals surface area contributed by atoms with Crippen LogP contribution in [0.3, 0.4) is 0 Å². The SMILES string of the molecule is Cc1cnc(Nc2cc(CO[Si](C)(C)C(C)(C)C)c(Br)c(C(F)(F)F)c2)nc1NC1COC[C@@H]1C#N. The standard InChI is InChI=1S/C24H31BrF3N5O2Si/c1-14-10-30-22(33-21(14)32-19-13-34-11-16(19)9-29)31-17-7-15(12-35-36(5,6)23(2,3)4)20(25)18(8-17)24(26,27)28/h7-8,10,16,19H,11-13H2,1-6H3,(H2,30,31,32,33)/t16-,19?/m0/s1. The first-order chi connectivity index (χ1) is 16.6. The summed E-state index contributed by atoms with van der Waals surface area (Å²) in [5.74, 6) is 0.292. The summed E-state index contributed by atoms with van der Waals surface area (Å²) in [6.07, 6.45) is -3.00. The predicted molar refractivity (Wildman–Crippen MR) is 139 cm³/mol. The van der Waals surface area contributed by atoms with Gasteiger partial charge in [-0.25, -0.2) is 4.98 Å². The Balaban J connectivity index is 1.90. The highest BCUT2D eigenvalue weighted by Gasteiger charge is 2.38. The Labute approximate surface area is 219 Å². The molecule has 0 amide bonds. The lowest BCUT2D eigenvalue weighted by Gasteiger charge is -2.36. The van der Waals surface area contributed by atoms with Crippen LogP contribution in [0.2, 0.25) is 18.1 Å². The van der Waals surface area contributed by atoms with Crippen LogP contribution in [0.5, 0.6) is 0 Å². The molecule has 0 aliphatic carbocycles. The maximum atomic E-state index is 13.9. The molecule has 2 aromatic rings. The number of nitriles is 1. The van der Waals surface area contributed by atoms with Crippen LogP contribution < -0.4 is 10.6 Å². The summed E-state index contributed by atoms with van der Waals surface area (Å²) in [6.45, 7) is 12.9. The fraction of sp³-hybridized carbons (Fsp3) is 0.542. The molecule has 196 valence electrons. The van der Waals surface area contributed by atoms with Gasteiger partial charge in [0.2, 0.25) is 5.95 Å². The molecule has 0 radical (unpaired) electrons. The Kier molecular flexibility index (Phi) is 8.39. The summed E-state index contributed by atoms with van der Waals surface area (Å²) in [4.78, 5) is 8.68. The number of hydrogen-bond acceptors (Lipinski definition) is 7. The minimum absolute atomic E-state index is 0.0362. The van der Waals surface area contributed by atoms with Gasteiger partial charge in [0.05, 0.1) is 43.4 Å². The van der Waals surface area contributed by atoms with Gasteiger partial charge in [-0.3, -0.25) is 0 Å². The lowest BCUT2D eigenvalue weighted by atomic mass is 10.1. The van der Waals surface area contributed by atoms with Crippen molar-refractivity contribution in [1.29, 1.82) is 5.26 Å². The van der Waals surface area contributed by atoms with Crippen molar-refractivity contribution in [2.45, 2.75) is 64.7 Å². The van der Waals surface area contributed by atoms with Crippen molar-refractivity contribution in [2.75, 3.05) is 23.8 Å². The topological polar surface area (TPSA) is 92.1 Å². The summed E-state index contributed by atoms with van der Waals surface area (Å²) >= 11 is 3.15. The molecule has 0 spiro atoms. The molecule has 1 aliphatic heterocycles. The number of anilines is 3. The summed E-state index contributed by atoms with van der Waals surface area (Å²) in [7, 11) is -2.19. The minimum Gasteiger partial charge on any atom is -0.413 e. The first-order valence-electron chi connectivity index (χ1n) is 11.5. The van der Waals surface area contributed by atoms with Gasteiger partial charge in [-0.15, -0.1) is 0 Å². The normalized spacial score (nSPS) is 18.7. The molecule has 2 N–H and O–H groups in total. The van der Waals surface area contributed by atoms with Gasteiger partial charge >= 0.3 is 6.18 Å². The Morgan fingerprint density at radius 3 is 2.56 bits per heavy atom. The van der Waals surface area contributed by atoms with E-state index in [0.717, 1.165) is 11.6 Å². The number of halogens is 4. The van der Waals surface area contributed by atoms with Gasteiger partial charge in [-0.2, -0.15) is 23.4 Å². The van der Waals surface area contributed by atoms with Crippen molar-refractivity contribution < 1.29 is 22.3 Å². The van der Waals surface area contributed by atoms with E-state index in [2.05, 4.69) is 76.5 Å². The third-order valence-electron chi connectivity index (χ3n) is 6.64.